The molecule has 1 saturated carbocycles. The van der Waals surface area contributed by atoms with Crippen LogP contribution in [0.1, 0.15) is 69.3 Å². The second-order valence-corrected chi connectivity index (χ2v) is 8.00. The lowest BCUT2D eigenvalue weighted by Gasteiger charge is -2.36. The Morgan fingerprint density at radius 1 is 1.29 bits per heavy atom. The maximum absolute atomic E-state index is 6.41. The molecule has 0 bridgehead atoms. The predicted molar refractivity (Wildman–Crippen MR) is 90.0 cm³/mol. The van der Waals surface area contributed by atoms with Gasteiger partial charge in [0.05, 0.1) is 16.4 Å². The third kappa shape index (κ3) is 2.83. The highest BCUT2D eigenvalue weighted by Gasteiger charge is 2.30. The van der Waals surface area contributed by atoms with Gasteiger partial charge in [-0.25, -0.2) is 4.98 Å². The summed E-state index contributed by atoms with van der Waals surface area (Å²) in [5.74, 6) is 1.03. The van der Waals surface area contributed by atoms with Crippen LogP contribution in [-0.4, -0.2) is 9.55 Å². The van der Waals surface area contributed by atoms with E-state index in [4.69, 9.17) is 16.6 Å². The number of aryl methyl sites for hydroxylation is 1. The summed E-state index contributed by atoms with van der Waals surface area (Å²) in [6, 6.07) is 7.10. The van der Waals surface area contributed by atoms with Gasteiger partial charge in [-0.05, 0) is 62.6 Å². The normalized spacial score (nSPS) is 20.8. The van der Waals surface area contributed by atoms with Crippen molar-refractivity contribution in [1.29, 1.82) is 0 Å². The number of hydrogen-bond acceptors (Lipinski definition) is 1. The van der Waals surface area contributed by atoms with Crippen molar-refractivity contribution in [3.05, 3.63) is 29.6 Å². The first-order chi connectivity index (χ1) is 9.87. The zero-order chi connectivity index (χ0) is 15.2. The zero-order valence-electron chi connectivity index (χ0n) is 13.5. The van der Waals surface area contributed by atoms with E-state index in [0.717, 1.165) is 11.3 Å². The molecule has 114 valence electrons. The molecule has 0 amide bonds. The summed E-state index contributed by atoms with van der Waals surface area (Å²) in [7, 11) is 0. The average Bonchev–Trinajstić information content (AvgIpc) is 2.77. The van der Waals surface area contributed by atoms with Crippen LogP contribution >= 0.6 is 11.6 Å². The third-order valence-electron chi connectivity index (χ3n) is 4.90. The number of nitrogens with zero attached hydrogens (tertiary/aromatic N) is 2. The van der Waals surface area contributed by atoms with Gasteiger partial charge in [-0.3, -0.25) is 0 Å². The maximum Gasteiger partial charge on any atom is 0.127 e. The first-order valence-electron chi connectivity index (χ1n) is 8.00. The van der Waals surface area contributed by atoms with Crippen LogP contribution in [0.15, 0.2) is 18.2 Å². The van der Waals surface area contributed by atoms with Crippen molar-refractivity contribution >= 4 is 22.6 Å². The largest absolute Gasteiger partial charge is 0.324 e. The number of hydrogen-bond donors (Lipinski definition) is 0. The molecule has 0 radical (unpaired) electrons. The highest BCUT2D eigenvalue weighted by atomic mass is 35.5. The number of halogens is 1. The number of fused-ring (bicyclic) bond motifs is 1. The van der Waals surface area contributed by atoms with Crippen LogP contribution in [0.5, 0.6) is 0 Å². The number of benzene rings is 1. The maximum atomic E-state index is 6.41. The molecule has 1 aromatic carbocycles. The van der Waals surface area contributed by atoms with Gasteiger partial charge in [0, 0.05) is 6.04 Å². The minimum atomic E-state index is -0.0485. The fourth-order valence-corrected chi connectivity index (χ4v) is 3.69. The lowest BCUT2D eigenvalue weighted by molar-refractivity contribution is 0.194. The SMILES string of the molecule is Cc1ccc2c(c1)nc(C(C)Cl)n2C1CCC(C)(C)CC1. The van der Waals surface area contributed by atoms with Crippen molar-refractivity contribution < 1.29 is 0 Å². The number of alkyl halides is 1. The number of rotatable bonds is 2. The summed E-state index contributed by atoms with van der Waals surface area (Å²) in [6.45, 7) is 8.90. The van der Waals surface area contributed by atoms with Gasteiger partial charge in [0.2, 0.25) is 0 Å². The smallest absolute Gasteiger partial charge is 0.127 e. The Kier molecular flexibility index (Phi) is 3.77. The molecular weight excluding hydrogens is 280 g/mol. The van der Waals surface area contributed by atoms with Crippen LogP contribution in [-0.2, 0) is 0 Å². The van der Waals surface area contributed by atoms with Crippen LogP contribution in [0, 0.1) is 12.3 Å². The molecule has 0 N–H and O–H groups in total. The van der Waals surface area contributed by atoms with E-state index in [1.54, 1.807) is 0 Å². The molecule has 0 saturated heterocycles. The van der Waals surface area contributed by atoms with Gasteiger partial charge in [0.15, 0.2) is 0 Å². The van der Waals surface area contributed by atoms with E-state index >= 15 is 0 Å². The average molecular weight is 305 g/mol. The highest BCUT2D eigenvalue weighted by molar-refractivity contribution is 6.20. The second kappa shape index (κ2) is 5.31. The van der Waals surface area contributed by atoms with Crippen molar-refractivity contribution in [3.63, 3.8) is 0 Å². The van der Waals surface area contributed by atoms with Crippen LogP contribution in [0.3, 0.4) is 0 Å². The fraction of sp³-hybridized carbons (Fsp3) is 0.611. The molecule has 1 fully saturated rings. The van der Waals surface area contributed by atoms with E-state index in [9.17, 15) is 0 Å². The Hall–Kier alpha value is -1.02. The molecule has 1 aliphatic rings. The van der Waals surface area contributed by atoms with Gasteiger partial charge in [0.25, 0.3) is 0 Å². The second-order valence-electron chi connectivity index (χ2n) is 7.34. The number of aromatic nitrogens is 2. The first-order valence-corrected chi connectivity index (χ1v) is 8.43. The third-order valence-corrected chi connectivity index (χ3v) is 5.10. The Morgan fingerprint density at radius 3 is 2.57 bits per heavy atom. The molecule has 1 atom stereocenters. The van der Waals surface area contributed by atoms with Gasteiger partial charge < -0.3 is 4.57 Å². The van der Waals surface area contributed by atoms with Gasteiger partial charge in [-0.2, -0.15) is 0 Å². The number of imidazole rings is 1. The lowest BCUT2D eigenvalue weighted by atomic mass is 9.75. The standard InChI is InChI=1S/C18H25ClN2/c1-12-5-6-16-15(11-12)20-17(13(2)19)21(16)14-7-9-18(3,4)10-8-14/h5-6,11,13-14H,7-10H2,1-4H3. The summed E-state index contributed by atoms with van der Waals surface area (Å²) in [5, 5.41) is -0.0485. The van der Waals surface area contributed by atoms with E-state index in [1.165, 1.54) is 36.8 Å². The van der Waals surface area contributed by atoms with Gasteiger partial charge in [-0.1, -0.05) is 19.9 Å². The van der Waals surface area contributed by atoms with E-state index < -0.39 is 0 Å². The molecule has 0 aliphatic heterocycles. The molecule has 2 nitrogen and oxygen atoms in total. The van der Waals surface area contributed by atoms with Crippen molar-refractivity contribution in [3.8, 4) is 0 Å². The van der Waals surface area contributed by atoms with Crippen molar-refractivity contribution in [2.24, 2.45) is 5.41 Å². The lowest BCUT2D eigenvalue weighted by Crippen LogP contribution is -2.24. The Bertz CT molecular complexity index is 645. The van der Waals surface area contributed by atoms with Crippen LogP contribution in [0.25, 0.3) is 11.0 Å². The highest BCUT2D eigenvalue weighted by Crippen LogP contribution is 2.42. The van der Waals surface area contributed by atoms with E-state index in [1.807, 2.05) is 6.92 Å². The Labute approximate surface area is 132 Å². The van der Waals surface area contributed by atoms with Crippen molar-refractivity contribution in [2.45, 2.75) is 64.8 Å². The monoisotopic (exact) mass is 304 g/mol. The van der Waals surface area contributed by atoms with Crippen molar-refractivity contribution in [1.82, 2.24) is 9.55 Å². The van der Waals surface area contributed by atoms with Gasteiger partial charge >= 0.3 is 0 Å². The molecule has 1 unspecified atom stereocenters. The van der Waals surface area contributed by atoms with Crippen LogP contribution in [0.4, 0.5) is 0 Å². The summed E-state index contributed by atoms with van der Waals surface area (Å²) < 4.78 is 2.42. The van der Waals surface area contributed by atoms with Gasteiger partial charge in [-0.15, -0.1) is 11.6 Å². The zero-order valence-corrected chi connectivity index (χ0v) is 14.2. The molecule has 2 aromatic rings. The molecule has 1 heterocycles. The molecule has 3 rings (SSSR count). The summed E-state index contributed by atoms with van der Waals surface area (Å²) in [5.41, 5.74) is 4.07. The van der Waals surface area contributed by atoms with Crippen molar-refractivity contribution in [2.75, 3.05) is 0 Å². The molecule has 0 spiro atoms. The van der Waals surface area contributed by atoms with E-state index in [-0.39, 0.29) is 5.38 Å². The summed E-state index contributed by atoms with van der Waals surface area (Å²) >= 11 is 6.41. The van der Waals surface area contributed by atoms with E-state index in [0.29, 0.717) is 11.5 Å². The summed E-state index contributed by atoms with van der Waals surface area (Å²) in [4.78, 5) is 4.82. The topological polar surface area (TPSA) is 17.8 Å². The first kappa shape index (κ1) is 14.9. The fourth-order valence-electron chi connectivity index (χ4n) is 3.53. The Morgan fingerprint density at radius 2 is 1.95 bits per heavy atom. The van der Waals surface area contributed by atoms with Gasteiger partial charge in [0.1, 0.15) is 5.82 Å². The minimum Gasteiger partial charge on any atom is -0.324 e. The molecule has 1 aliphatic carbocycles. The predicted octanol–water partition coefficient (Wildman–Crippen LogP) is 5.79. The molecular formula is C18H25ClN2. The molecule has 1 aromatic heterocycles. The Balaban J connectivity index is 2.06. The summed E-state index contributed by atoms with van der Waals surface area (Å²) in [6.07, 6.45) is 5.00. The minimum absolute atomic E-state index is 0.0485. The molecule has 3 heteroatoms. The quantitative estimate of drug-likeness (QED) is 0.642. The van der Waals surface area contributed by atoms with Crippen LogP contribution in [0.2, 0.25) is 0 Å². The van der Waals surface area contributed by atoms with Crippen LogP contribution < -0.4 is 0 Å². The van der Waals surface area contributed by atoms with E-state index in [2.05, 4.69) is 43.5 Å². The molecule has 21 heavy (non-hydrogen) atoms.